The SMILES string of the molecule is CCN(CC)Cc1ccc(CNC(=NC)NCCCn2nc(C)cc2C)cc1.I. The number of nitrogens with one attached hydrogen (secondary N) is 2. The van der Waals surface area contributed by atoms with Crippen LogP contribution in [-0.2, 0) is 19.6 Å². The Morgan fingerprint density at radius 1 is 1.07 bits per heavy atom. The number of guanidine groups is 1. The zero-order valence-corrected chi connectivity index (χ0v) is 20.9. The van der Waals surface area contributed by atoms with E-state index in [1.54, 1.807) is 0 Å². The minimum Gasteiger partial charge on any atom is -0.356 e. The molecule has 2 rings (SSSR count). The molecule has 0 aliphatic rings. The number of benzene rings is 1. The summed E-state index contributed by atoms with van der Waals surface area (Å²) in [6, 6.07) is 10.9. The van der Waals surface area contributed by atoms with E-state index < -0.39 is 0 Å². The van der Waals surface area contributed by atoms with Crippen molar-refractivity contribution >= 4 is 29.9 Å². The normalized spacial score (nSPS) is 11.4. The maximum Gasteiger partial charge on any atom is 0.191 e. The molecule has 29 heavy (non-hydrogen) atoms. The Labute approximate surface area is 193 Å². The van der Waals surface area contributed by atoms with Crippen LogP contribution in [0.25, 0.3) is 0 Å². The number of aromatic nitrogens is 2. The van der Waals surface area contributed by atoms with Crippen molar-refractivity contribution in [1.29, 1.82) is 0 Å². The highest BCUT2D eigenvalue weighted by molar-refractivity contribution is 14.0. The van der Waals surface area contributed by atoms with E-state index in [1.807, 2.05) is 14.0 Å². The Balaban J connectivity index is 0.00000420. The van der Waals surface area contributed by atoms with Crippen molar-refractivity contribution in [2.45, 2.75) is 53.8 Å². The molecule has 162 valence electrons. The predicted octanol–water partition coefficient (Wildman–Crippen LogP) is 3.72. The minimum absolute atomic E-state index is 0. The zero-order valence-electron chi connectivity index (χ0n) is 18.5. The van der Waals surface area contributed by atoms with Gasteiger partial charge < -0.3 is 10.6 Å². The summed E-state index contributed by atoms with van der Waals surface area (Å²) in [6.07, 6.45) is 1.00. The first kappa shape index (κ1) is 25.4. The van der Waals surface area contributed by atoms with Crippen LogP contribution in [0.1, 0.15) is 42.8 Å². The number of nitrogens with zero attached hydrogens (tertiary/aromatic N) is 4. The average Bonchev–Trinajstić information content (AvgIpc) is 3.03. The van der Waals surface area contributed by atoms with Gasteiger partial charge in [0.1, 0.15) is 0 Å². The lowest BCUT2D eigenvalue weighted by Crippen LogP contribution is -2.37. The Morgan fingerprint density at radius 2 is 1.72 bits per heavy atom. The second-order valence-corrected chi connectivity index (χ2v) is 7.13. The number of aliphatic imine (C=N–C) groups is 1. The molecule has 1 aromatic carbocycles. The first-order chi connectivity index (χ1) is 13.5. The predicted molar refractivity (Wildman–Crippen MR) is 133 cm³/mol. The van der Waals surface area contributed by atoms with Crippen LogP contribution in [0.5, 0.6) is 0 Å². The van der Waals surface area contributed by atoms with Gasteiger partial charge in [-0.1, -0.05) is 38.1 Å². The van der Waals surface area contributed by atoms with Crippen molar-refractivity contribution in [3.8, 4) is 0 Å². The molecule has 0 bridgehead atoms. The number of rotatable bonds is 10. The summed E-state index contributed by atoms with van der Waals surface area (Å²) >= 11 is 0. The van der Waals surface area contributed by atoms with Crippen LogP contribution >= 0.6 is 24.0 Å². The Kier molecular flexibility index (Phi) is 11.9. The van der Waals surface area contributed by atoms with Crippen molar-refractivity contribution in [2.75, 3.05) is 26.7 Å². The maximum absolute atomic E-state index is 4.50. The molecule has 0 saturated heterocycles. The average molecular weight is 512 g/mol. The third-order valence-electron chi connectivity index (χ3n) is 4.95. The third-order valence-corrected chi connectivity index (χ3v) is 4.95. The lowest BCUT2D eigenvalue weighted by molar-refractivity contribution is 0.296. The molecule has 1 aromatic heterocycles. The number of hydrogen-bond acceptors (Lipinski definition) is 3. The molecule has 0 fully saturated rings. The molecule has 1 heterocycles. The minimum atomic E-state index is 0. The molecule has 0 aliphatic heterocycles. The molecule has 7 heteroatoms. The summed E-state index contributed by atoms with van der Waals surface area (Å²) < 4.78 is 2.06. The molecule has 0 unspecified atom stereocenters. The van der Waals surface area contributed by atoms with E-state index in [0.717, 1.165) is 57.3 Å². The van der Waals surface area contributed by atoms with Gasteiger partial charge in [0.05, 0.1) is 5.69 Å². The van der Waals surface area contributed by atoms with E-state index in [1.165, 1.54) is 16.8 Å². The maximum atomic E-state index is 4.50. The summed E-state index contributed by atoms with van der Waals surface area (Å²) in [5.74, 6) is 0.834. The summed E-state index contributed by atoms with van der Waals surface area (Å²) in [6.45, 7) is 14.3. The molecule has 0 atom stereocenters. The topological polar surface area (TPSA) is 57.5 Å². The number of aryl methyl sites for hydroxylation is 3. The zero-order chi connectivity index (χ0) is 20.4. The van der Waals surface area contributed by atoms with Gasteiger partial charge in [0, 0.05) is 38.9 Å². The van der Waals surface area contributed by atoms with E-state index in [4.69, 9.17) is 0 Å². The number of hydrogen-bond donors (Lipinski definition) is 2. The Bertz CT molecular complexity index is 734. The van der Waals surface area contributed by atoms with E-state index in [2.05, 4.69) is 81.4 Å². The van der Waals surface area contributed by atoms with Gasteiger partial charge >= 0.3 is 0 Å². The van der Waals surface area contributed by atoms with Gasteiger partial charge in [-0.25, -0.2) is 0 Å². The molecular weight excluding hydrogens is 475 g/mol. The van der Waals surface area contributed by atoms with E-state index >= 15 is 0 Å². The van der Waals surface area contributed by atoms with Crippen LogP contribution in [0.3, 0.4) is 0 Å². The summed E-state index contributed by atoms with van der Waals surface area (Å²) in [4.78, 5) is 6.74. The fourth-order valence-electron chi connectivity index (χ4n) is 3.21. The van der Waals surface area contributed by atoms with Crippen molar-refractivity contribution in [1.82, 2.24) is 25.3 Å². The Morgan fingerprint density at radius 3 is 2.28 bits per heavy atom. The van der Waals surface area contributed by atoms with Gasteiger partial charge in [-0.15, -0.1) is 24.0 Å². The van der Waals surface area contributed by atoms with E-state index in [-0.39, 0.29) is 24.0 Å². The molecule has 0 saturated carbocycles. The van der Waals surface area contributed by atoms with Gasteiger partial charge in [-0.3, -0.25) is 14.6 Å². The fraction of sp³-hybridized carbons (Fsp3) is 0.545. The van der Waals surface area contributed by atoms with Gasteiger partial charge in [0.25, 0.3) is 0 Å². The van der Waals surface area contributed by atoms with E-state index in [0.29, 0.717) is 0 Å². The first-order valence-electron chi connectivity index (χ1n) is 10.3. The summed E-state index contributed by atoms with van der Waals surface area (Å²) in [5, 5.41) is 11.3. The highest BCUT2D eigenvalue weighted by Crippen LogP contribution is 2.07. The highest BCUT2D eigenvalue weighted by atomic mass is 127. The molecule has 0 amide bonds. The van der Waals surface area contributed by atoms with Gasteiger partial charge in [0.15, 0.2) is 5.96 Å². The molecule has 2 N–H and O–H groups in total. The Hall–Kier alpha value is -1.61. The molecule has 2 aromatic rings. The van der Waals surface area contributed by atoms with Crippen LogP contribution < -0.4 is 10.6 Å². The van der Waals surface area contributed by atoms with E-state index in [9.17, 15) is 0 Å². The molecule has 0 spiro atoms. The van der Waals surface area contributed by atoms with Crippen LogP contribution in [-0.4, -0.2) is 47.3 Å². The first-order valence-corrected chi connectivity index (χ1v) is 10.3. The van der Waals surface area contributed by atoms with Crippen LogP contribution in [0.2, 0.25) is 0 Å². The largest absolute Gasteiger partial charge is 0.356 e. The lowest BCUT2D eigenvalue weighted by Gasteiger charge is -2.18. The highest BCUT2D eigenvalue weighted by Gasteiger charge is 2.03. The fourth-order valence-corrected chi connectivity index (χ4v) is 3.21. The quantitative estimate of drug-likeness (QED) is 0.221. The summed E-state index contributed by atoms with van der Waals surface area (Å²) in [7, 11) is 1.81. The van der Waals surface area contributed by atoms with Crippen LogP contribution in [0, 0.1) is 13.8 Å². The number of halogens is 1. The van der Waals surface area contributed by atoms with Crippen molar-refractivity contribution < 1.29 is 0 Å². The van der Waals surface area contributed by atoms with Gasteiger partial charge in [-0.05, 0) is 50.6 Å². The molecule has 0 radical (unpaired) electrons. The molecular formula is C22H37IN6. The molecule has 0 aliphatic carbocycles. The second-order valence-electron chi connectivity index (χ2n) is 7.13. The summed E-state index contributed by atoms with van der Waals surface area (Å²) in [5.41, 5.74) is 4.91. The van der Waals surface area contributed by atoms with Gasteiger partial charge in [0.2, 0.25) is 0 Å². The van der Waals surface area contributed by atoms with Crippen molar-refractivity contribution in [3.63, 3.8) is 0 Å². The smallest absolute Gasteiger partial charge is 0.191 e. The molecule has 6 nitrogen and oxygen atoms in total. The standard InChI is InChI=1S/C22H36N6.HI/c1-6-27(7-2)17-21-11-9-20(10-12-21)16-25-22(23-5)24-13-8-14-28-19(4)15-18(3)26-28;/h9-12,15H,6-8,13-14,16-17H2,1-5H3,(H2,23,24,25);1H. The second kappa shape index (κ2) is 13.6. The third kappa shape index (κ3) is 8.74. The van der Waals surface area contributed by atoms with Crippen molar-refractivity contribution in [3.05, 3.63) is 52.8 Å². The van der Waals surface area contributed by atoms with Gasteiger partial charge in [-0.2, -0.15) is 5.10 Å². The monoisotopic (exact) mass is 512 g/mol. The van der Waals surface area contributed by atoms with Crippen molar-refractivity contribution in [2.24, 2.45) is 4.99 Å². The lowest BCUT2D eigenvalue weighted by atomic mass is 10.1. The van der Waals surface area contributed by atoms with Crippen LogP contribution in [0.15, 0.2) is 35.3 Å². The van der Waals surface area contributed by atoms with Crippen LogP contribution in [0.4, 0.5) is 0 Å².